The minimum absolute atomic E-state index is 0.159. The molecule has 0 aromatic heterocycles. The van der Waals surface area contributed by atoms with Crippen LogP contribution in [-0.4, -0.2) is 17.9 Å². The summed E-state index contributed by atoms with van der Waals surface area (Å²) in [7, 11) is 0. The number of imide groups is 1. The Bertz CT molecular complexity index is 256. The van der Waals surface area contributed by atoms with E-state index in [4.69, 9.17) is 5.73 Å². The van der Waals surface area contributed by atoms with Gasteiger partial charge in [0.1, 0.15) is 0 Å². The fourth-order valence-corrected chi connectivity index (χ4v) is 2.53. The molecule has 1 aliphatic heterocycles. The lowest BCUT2D eigenvalue weighted by Crippen LogP contribution is -2.58. The lowest BCUT2D eigenvalue weighted by atomic mass is 9.73. The molecule has 2 aliphatic rings. The van der Waals surface area contributed by atoms with Crippen molar-refractivity contribution in [3.05, 3.63) is 0 Å². The first-order valence-corrected chi connectivity index (χ1v) is 4.73. The molecule has 1 saturated carbocycles. The highest BCUT2D eigenvalue weighted by Crippen LogP contribution is 2.44. The van der Waals surface area contributed by atoms with Crippen LogP contribution in [0.2, 0.25) is 0 Å². The molecule has 0 aromatic rings. The number of carbonyl (C=O) groups is 2. The van der Waals surface area contributed by atoms with Crippen LogP contribution in [0.5, 0.6) is 0 Å². The van der Waals surface area contributed by atoms with Crippen molar-refractivity contribution in [2.75, 3.05) is 0 Å². The van der Waals surface area contributed by atoms with Gasteiger partial charge in [-0.15, -0.1) is 0 Å². The predicted molar refractivity (Wildman–Crippen MR) is 46.6 cm³/mol. The minimum atomic E-state index is -0.479. The maximum absolute atomic E-state index is 11.3. The molecule has 2 amide bonds. The third-order valence-electron chi connectivity index (χ3n) is 3.32. The first-order valence-electron chi connectivity index (χ1n) is 4.73. The van der Waals surface area contributed by atoms with Crippen LogP contribution in [0, 0.1) is 5.41 Å². The highest BCUT2D eigenvalue weighted by molar-refractivity contribution is 6.01. The van der Waals surface area contributed by atoms with Gasteiger partial charge >= 0.3 is 0 Å². The van der Waals surface area contributed by atoms with Gasteiger partial charge in [-0.3, -0.25) is 14.9 Å². The van der Waals surface area contributed by atoms with Crippen LogP contribution in [0.25, 0.3) is 0 Å². The van der Waals surface area contributed by atoms with Crippen molar-refractivity contribution in [3.63, 3.8) is 0 Å². The number of carbonyl (C=O) groups excluding carboxylic acids is 2. The highest BCUT2D eigenvalue weighted by atomic mass is 16.2. The van der Waals surface area contributed by atoms with E-state index in [1.807, 2.05) is 0 Å². The van der Waals surface area contributed by atoms with E-state index in [1.165, 1.54) is 0 Å². The van der Waals surface area contributed by atoms with Crippen LogP contribution < -0.4 is 11.1 Å². The molecule has 4 nitrogen and oxygen atoms in total. The zero-order valence-electron chi connectivity index (χ0n) is 7.51. The molecular weight excluding hydrogens is 168 g/mol. The van der Waals surface area contributed by atoms with E-state index in [0.717, 1.165) is 25.7 Å². The minimum Gasteiger partial charge on any atom is -0.319 e. The normalized spacial score (nSPS) is 32.2. The molecule has 1 atom stereocenters. The lowest BCUT2D eigenvalue weighted by Gasteiger charge is -2.37. The SMILES string of the molecule is NC1C(=O)NC(=O)CC12CCCC2. The van der Waals surface area contributed by atoms with Gasteiger partial charge in [0.15, 0.2) is 0 Å². The summed E-state index contributed by atoms with van der Waals surface area (Å²) in [5.41, 5.74) is 5.61. The van der Waals surface area contributed by atoms with Gasteiger partial charge in [-0.05, 0) is 12.8 Å². The quantitative estimate of drug-likeness (QED) is 0.515. The van der Waals surface area contributed by atoms with Crippen LogP contribution in [-0.2, 0) is 9.59 Å². The van der Waals surface area contributed by atoms with Crippen LogP contribution in [0.1, 0.15) is 32.1 Å². The van der Waals surface area contributed by atoms with E-state index in [2.05, 4.69) is 5.32 Å². The van der Waals surface area contributed by atoms with Crippen molar-refractivity contribution < 1.29 is 9.59 Å². The Kier molecular flexibility index (Phi) is 1.87. The van der Waals surface area contributed by atoms with Gasteiger partial charge in [-0.1, -0.05) is 12.8 Å². The molecule has 0 radical (unpaired) electrons. The second kappa shape index (κ2) is 2.80. The van der Waals surface area contributed by atoms with Crippen LogP contribution >= 0.6 is 0 Å². The monoisotopic (exact) mass is 182 g/mol. The molecule has 13 heavy (non-hydrogen) atoms. The van der Waals surface area contributed by atoms with Gasteiger partial charge in [0.25, 0.3) is 0 Å². The smallest absolute Gasteiger partial charge is 0.244 e. The standard InChI is InChI=1S/C9H14N2O2/c10-7-8(13)11-6(12)5-9(7)3-1-2-4-9/h7H,1-5,10H2,(H,11,12,13). The molecule has 1 unspecified atom stereocenters. The first-order chi connectivity index (χ1) is 6.14. The molecule has 2 fully saturated rings. The summed E-state index contributed by atoms with van der Waals surface area (Å²) in [4.78, 5) is 22.5. The van der Waals surface area contributed by atoms with Crippen LogP contribution in [0.4, 0.5) is 0 Å². The summed E-state index contributed by atoms with van der Waals surface area (Å²) in [5, 5.41) is 2.28. The molecule has 4 heteroatoms. The Hall–Kier alpha value is -0.900. The Morgan fingerprint density at radius 1 is 1.31 bits per heavy atom. The van der Waals surface area contributed by atoms with Crippen molar-refractivity contribution in [1.29, 1.82) is 0 Å². The fraction of sp³-hybridized carbons (Fsp3) is 0.778. The second-order valence-corrected chi connectivity index (χ2v) is 4.14. The van der Waals surface area contributed by atoms with E-state index in [0.29, 0.717) is 6.42 Å². The molecule has 72 valence electrons. The van der Waals surface area contributed by atoms with E-state index >= 15 is 0 Å². The zero-order valence-corrected chi connectivity index (χ0v) is 7.51. The predicted octanol–water partition coefficient (Wildman–Crippen LogP) is -0.0794. The Balaban J connectivity index is 2.25. The first kappa shape index (κ1) is 8.69. The van der Waals surface area contributed by atoms with Crippen molar-refractivity contribution in [2.24, 2.45) is 11.1 Å². The maximum Gasteiger partial charge on any atom is 0.244 e. The van der Waals surface area contributed by atoms with Crippen molar-refractivity contribution in [2.45, 2.75) is 38.1 Å². The molecule has 0 aromatic carbocycles. The lowest BCUT2D eigenvalue weighted by molar-refractivity contribution is -0.139. The summed E-state index contributed by atoms with van der Waals surface area (Å²) >= 11 is 0. The van der Waals surface area contributed by atoms with Gasteiger partial charge in [0, 0.05) is 11.8 Å². The van der Waals surface area contributed by atoms with Crippen LogP contribution in [0.15, 0.2) is 0 Å². The van der Waals surface area contributed by atoms with Gasteiger partial charge in [-0.25, -0.2) is 0 Å². The molecule has 1 heterocycles. The number of hydrogen-bond donors (Lipinski definition) is 2. The molecule has 1 aliphatic carbocycles. The summed E-state index contributed by atoms with van der Waals surface area (Å²) in [6, 6.07) is -0.479. The van der Waals surface area contributed by atoms with Gasteiger partial charge < -0.3 is 5.73 Å². The molecular formula is C9H14N2O2. The average molecular weight is 182 g/mol. The van der Waals surface area contributed by atoms with Gasteiger partial charge in [-0.2, -0.15) is 0 Å². The number of amides is 2. The summed E-state index contributed by atoms with van der Waals surface area (Å²) in [5.74, 6) is -0.452. The van der Waals surface area contributed by atoms with Gasteiger partial charge in [0.2, 0.25) is 11.8 Å². The van der Waals surface area contributed by atoms with E-state index in [9.17, 15) is 9.59 Å². The Morgan fingerprint density at radius 2 is 1.92 bits per heavy atom. The summed E-state index contributed by atoms with van der Waals surface area (Å²) in [6.07, 6.45) is 4.46. The topological polar surface area (TPSA) is 72.2 Å². The third kappa shape index (κ3) is 1.25. The largest absolute Gasteiger partial charge is 0.319 e. The molecule has 0 bridgehead atoms. The second-order valence-electron chi connectivity index (χ2n) is 4.14. The van der Waals surface area contributed by atoms with E-state index in [1.54, 1.807) is 0 Å². The molecule has 1 spiro atoms. The fourth-order valence-electron chi connectivity index (χ4n) is 2.53. The number of hydrogen-bond acceptors (Lipinski definition) is 3. The Labute approximate surface area is 76.9 Å². The van der Waals surface area contributed by atoms with Crippen LogP contribution in [0.3, 0.4) is 0 Å². The van der Waals surface area contributed by atoms with Crippen molar-refractivity contribution >= 4 is 11.8 Å². The Morgan fingerprint density at radius 3 is 2.54 bits per heavy atom. The number of nitrogens with two attached hydrogens (primary N) is 1. The van der Waals surface area contributed by atoms with Crippen molar-refractivity contribution in [3.8, 4) is 0 Å². The summed E-state index contributed by atoms with van der Waals surface area (Å²) < 4.78 is 0. The average Bonchev–Trinajstić information content (AvgIpc) is 2.50. The number of rotatable bonds is 0. The molecule has 3 N–H and O–H groups in total. The van der Waals surface area contributed by atoms with E-state index in [-0.39, 0.29) is 17.2 Å². The van der Waals surface area contributed by atoms with Crippen molar-refractivity contribution in [1.82, 2.24) is 5.32 Å². The van der Waals surface area contributed by atoms with E-state index < -0.39 is 6.04 Å². The third-order valence-corrected chi connectivity index (χ3v) is 3.32. The maximum atomic E-state index is 11.3. The van der Waals surface area contributed by atoms with Gasteiger partial charge in [0.05, 0.1) is 6.04 Å². The zero-order chi connectivity index (χ0) is 9.47. The molecule has 2 rings (SSSR count). The summed E-state index contributed by atoms with van der Waals surface area (Å²) in [6.45, 7) is 0. The number of nitrogens with one attached hydrogen (secondary N) is 1. The molecule has 1 saturated heterocycles. The number of piperidine rings is 1. The highest BCUT2D eigenvalue weighted by Gasteiger charge is 2.47.